The SMILES string of the molecule is CC(O)CC(C)CNC(=O)c1ccc2ccc(Cl)cc2n1. The zero-order chi connectivity index (χ0) is 15.4. The monoisotopic (exact) mass is 306 g/mol. The maximum Gasteiger partial charge on any atom is 0.269 e. The number of hydrogen-bond donors (Lipinski definition) is 2. The Kier molecular flexibility index (Phi) is 5.15. The Morgan fingerprint density at radius 2 is 2.05 bits per heavy atom. The van der Waals surface area contributed by atoms with Gasteiger partial charge in [-0.15, -0.1) is 0 Å². The van der Waals surface area contributed by atoms with E-state index in [1.165, 1.54) is 0 Å². The molecular formula is C16H19ClN2O2. The second-order valence-corrected chi connectivity index (χ2v) is 5.87. The molecule has 0 aliphatic rings. The van der Waals surface area contributed by atoms with Crippen LogP contribution in [0.15, 0.2) is 30.3 Å². The molecule has 0 saturated carbocycles. The summed E-state index contributed by atoms with van der Waals surface area (Å²) in [6.45, 7) is 4.24. The minimum atomic E-state index is -0.363. The second kappa shape index (κ2) is 6.87. The van der Waals surface area contributed by atoms with Crippen molar-refractivity contribution in [3.63, 3.8) is 0 Å². The van der Waals surface area contributed by atoms with Crippen molar-refractivity contribution in [1.82, 2.24) is 10.3 Å². The van der Waals surface area contributed by atoms with Gasteiger partial charge in [0.15, 0.2) is 0 Å². The van der Waals surface area contributed by atoms with Crippen LogP contribution in [-0.2, 0) is 0 Å². The van der Waals surface area contributed by atoms with Crippen LogP contribution in [0.4, 0.5) is 0 Å². The predicted molar refractivity (Wildman–Crippen MR) is 84.5 cm³/mol. The zero-order valence-corrected chi connectivity index (χ0v) is 12.9. The van der Waals surface area contributed by atoms with Gasteiger partial charge in [-0.2, -0.15) is 0 Å². The fraction of sp³-hybridized carbons (Fsp3) is 0.375. The lowest BCUT2D eigenvalue weighted by molar-refractivity contribution is 0.0935. The topological polar surface area (TPSA) is 62.2 Å². The summed E-state index contributed by atoms with van der Waals surface area (Å²) in [7, 11) is 0. The average molecular weight is 307 g/mol. The summed E-state index contributed by atoms with van der Waals surface area (Å²) in [6.07, 6.45) is 0.291. The Labute approximate surface area is 129 Å². The number of aliphatic hydroxyl groups is 1. The van der Waals surface area contributed by atoms with Crippen molar-refractivity contribution in [2.75, 3.05) is 6.54 Å². The largest absolute Gasteiger partial charge is 0.393 e. The van der Waals surface area contributed by atoms with E-state index in [2.05, 4.69) is 10.3 Å². The van der Waals surface area contributed by atoms with Gasteiger partial charge in [-0.25, -0.2) is 4.98 Å². The van der Waals surface area contributed by atoms with Gasteiger partial charge in [-0.3, -0.25) is 4.79 Å². The molecule has 0 radical (unpaired) electrons. The molecule has 2 atom stereocenters. The Balaban J connectivity index is 2.05. The van der Waals surface area contributed by atoms with Gasteiger partial charge >= 0.3 is 0 Å². The third kappa shape index (κ3) is 4.41. The molecule has 2 unspecified atom stereocenters. The summed E-state index contributed by atoms with van der Waals surface area (Å²) in [5.74, 6) is -0.00170. The number of halogens is 1. The highest BCUT2D eigenvalue weighted by atomic mass is 35.5. The molecule has 0 aliphatic heterocycles. The van der Waals surface area contributed by atoms with Gasteiger partial charge in [-0.05, 0) is 37.5 Å². The number of nitrogens with one attached hydrogen (secondary N) is 1. The van der Waals surface area contributed by atoms with Crippen LogP contribution in [0.5, 0.6) is 0 Å². The van der Waals surface area contributed by atoms with Gasteiger partial charge in [0.1, 0.15) is 5.69 Å². The molecule has 0 bridgehead atoms. The Morgan fingerprint density at radius 1 is 1.33 bits per heavy atom. The van der Waals surface area contributed by atoms with Crippen molar-refractivity contribution in [2.24, 2.45) is 5.92 Å². The van der Waals surface area contributed by atoms with Crippen molar-refractivity contribution < 1.29 is 9.90 Å². The molecule has 2 rings (SSSR count). The first-order valence-corrected chi connectivity index (χ1v) is 7.36. The van der Waals surface area contributed by atoms with Gasteiger partial charge in [0, 0.05) is 17.0 Å². The summed E-state index contributed by atoms with van der Waals surface area (Å²) < 4.78 is 0. The minimum absolute atomic E-state index is 0.212. The molecule has 1 aromatic heterocycles. The molecule has 0 spiro atoms. The molecule has 2 N–H and O–H groups in total. The van der Waals surface area contributed by atoms with E-state index in [9.17, 15) is 9.90 Å². The molecule has 2 aromatic rings. The van der Waals surface area contributed by atoms with Gasteiger partial charge in [0.2, 0.25) is 0 Å². The summed E-state index contributed by atoms with van der Waals surface area (Å²) in [5.41, 5.74) is 1.07. The first kappa shape index (κ1) is 15.7. The predicted octanol–water partition coefficient (Wildman–Crippen LogP) is 3.03. The lowest BCUT2D eigenvalue weighted by Crippen LogP contribution is -2.30. The highest BCUT2D eigenvalue weighted by Crippen LogP contribution is 2.18. The van der Waals surface area contributed by atoms with Crippen molar-refractivity contribution >= 4 is 28.4 Å². The fourth-order valence-corrected chi connectivity index (χ4v) is 2.41. The van der Waals surface area contributed by atoms with Gasteiger partial charge in [-0.1, -0.05) is 30.7 Å². The van der Waals surface area contributed by atoms with E-state index >= 15 is 0 Å². The van der Waals surface area contributed by atoms with Crippen LogP contribution in [0.1, 0.15) is 30.8 Å². The standard InChI is InChI=1S/C16H19ClN2O2/c1-10(7-11(2)20)9-18-16(21)14-6-4-12-3-5-13(17)8-15(12)19-14/h3-6,8,10-11,20H,7,9H2,1-2H3,(H,18,21). The lowest BCUT2D eigenvalue weighted by Gasteiger charge is -2.14. The lowest BCUT2D eigenvalue weighted by atomic mass is 10.0. The average Bonchev–Trinajstić information content (AvgIpc) is 2.43. The van der Waals surface area contributed by atoms with E-state index in [1.54, 1.807) is 25.1 Å². The molecule has 0 saturated heterocycles. The number of amides is 1. The molecule has 21 heavy (non-hydrogen) atoms. The molecule has 5 heteroatoms. The van der Waals surface area contributed by atoms with Crippen molar-refractivity contribution in [3.05, 3.63) is 41.0 Å². The molecule has 1 amide bonds. The zero-order valence-electron chi connectivity index (χ0n) is 12.1. The third-order valence-electron chi connectivity index (χ3n) is 3.24. The molecule has 0 fully saturated rings. The highest BCUT2D eigenvalue weighted by Gasteiger charge is 2.11. The quantitative estimate of drug-likeness (QED) is 0.892. The number of pyridine rings is 1. The fourth-order valence-electron chi connectivity index (χ4n) is 2.24. The summed E-state index contributed by atoms with van der Waals surface area (Å²) in [5, 5.41) is 13.7. The van der Waals surface area contributed by atoms with E-state index in [1.807, 2.05) is 19.1 Å². The van der Waals surface area contributed by atoms with E-state index in [4.69, 9.17) is 11.6 Å². The number of hydrogen-bond acceptors (Lipinski definition) is 3. The van der Waals surface area contributed by atoms with Gasteiger partial charge in [0.05, 0.1) is 11.6 Å². The van der Waals surface area contributed by atoms with Crippen LogP contribution >= 0.6 is 11.6 Å². The van der Waals surface area contributed by atoms with Crippen molar-refractivity contribution in [2.45, 2.75) is 26.4 Å². The van der Waals surface area contributed by atoms with E-state index < -0.39 is 0 Å². The number of rotatable bonds is 5. The Hall–Kier alpha value is -1.65. The van der Waals surface area contributed by atoms with Crippen LogP contribution < -0.4 is 5.32 Å². The maximum atomic E-state index is 12.1. The molecule has 4 nitrogen and oxygen atoms in total. The summed E-state index contributed by atoms with van der Waals surface area (Å²) in [6, 6.07) is 8.96. The molecule has 1 heterocycles. The number of carbonyl (C=O) groups is 1. The summed E-state index contributed by atoms with van der Waals surface area (Å²) in [4.78, 5) is 16.4. The minimum Gasteiger partial charge on any atom is -0.393 e. The first-order valence-electron chi connectivity index (χ1n) is 6.98. The number of fused-ring (bicyclic) bond motifs is 1. The van der Waals surface area contributed by atoms with Crippen LogP contribution in [0, 0.1) is 5.92 Å². The van der Waals surface area contributed by atoms with E-state index in [-0.39, 0.29) is 17.9 Å². The van der Waals surface area contributed by atoms with Crippen LogP contribution in [0.25, 0.3) is 10.9 Å². The molecule has 112 valence electrons. The Bertz CT molecular complexity index is 643. The number of nitrogens with zero attached hydrogens (tertiary/aromatic N) is 1. The first-order chi connectivity index (χ1) is 9.95. The molecule has 0 aliphatic carbocycles. The Morgan fingerprint density at radius 3 is 2.76 bits per heavy atom. The van der Waals surface area contributed by atoms with E-state index in [0.29, 0.717) is 29.2 Å². The smallest absolute Gasteiger partial charge is 0.269 e. The normalized spacial score (nSPS) is 13.9. The number of aromatic nitrogens is 1. The number of carbonyl (C=O) groups excluding carboxylic acids is 1. The molecule has 1 aromatic carbocycles. The van der Waals surface area contributed by atoms with Crippen LogP contribution in [0.3, 0.4) is 0 Å². The highest BCUT2D eigenvalue weighted by molar-refractivity contribution is 6.31. The third-order valence-corrected chi connectivity index (χ3v) is 3.48. The van der Waals surface area contributed by atoms with E-state index in [0.717, 1.165) is 5.39 Å². The van der Waals surface area contributed by atoms with Crippen molar-refractivity contribution in [3.8, 4) is 0 Å². The van der Waals surface area contributed by atoms with Crippen LogP contribution in [0.2, 0.25) is 5.02 Å². The number of aliphatic hydroxyl groups excluding tert-OH is 1. The maximum absolute atomic E-state index is 12.1. The number of benzene rings is 1. The molecular weight excluding hydrogens is 288 g/mol. The second-order valence-electron chi connectivity index (χ2n) is 5.43. The van der Waals surface area contributed by atoms with Gasteiger partial charge in [0.25, 0.3) is 5.91 Å². The van der Waals surface area contributed by atoms with Crippen molar-refractivity contribution in [1.29, 1.82) is 0 Å². The van der Waals surface area contributed by atoms with Gasteiger partial charge < -0.3 is 10.4 Å². The van der Waals surface area contributed by atoms with Crippen LogP contribution in [-0.4, -0.2) is 28.6 Å². The summed E-state index contributed by atoms with van der Waals surface area (Å²) >= 11 is 5.94.